The number of hydrogen-bond donors (Lipinski definition) is 1. The summed E-state index contributed by atoms with van der Waals surface area (Å²) in [7, 11) is 0. The van der Waals surface area contributed by atoms with Crippen molar-refractivity contribution in [3.8, 4) is 0 Å². The maximum Gasteiger partial charge on any atom is 0.229 e. The third-order valence-electron chi connectivity index (χ3n) is 6.22. The van der Waals surface area contributed by atoms with Crippen molar-refractivity contribution < 1.29 is 4.52 Å². The molecule has 4 aliphatic carbocycles. The number of aromatic nitrogens is 2. The normalized spacial score (nSPS) is 38.9. The van der Waals surface area contributed by atoms with E-state index in [9.17, 15) is 0 Å². The maximum atomic E-state index is 5.61. The molecule has 1 aromatic rings. The van der Waals surface area contributed by atoms with Crippen molar-refractivity contribution in [2.24, 2.45) is 23.5 Å². The number of nitrogens with zero attached hydrogens (tertiary/aromatic N) is 2. The molecule has 4 nitrogen and oxygen atoms in total. The summed E-state index contributed by atoms with van der Waals surface area (Å²) in [5, 5.41) is 4.42. The predicted octanol–water partition coefficient (Wildman–Crippen LogP) is 3.38. The first-order chi connectivity index (χ1) is 10.2. The van der Waals surface area contributed by atoms with E-state index in [0.717, 1.165) is 48.9 Å². The average Bonchev–Trinajstić information content (AvgIpc) is 2.94. The zero-order valence-corrected chi connectivity index (χ0v) is 13.1. The first-order valence-electron chi connectivity index (χ1n) is 8.72. The molecule has 0 spiro atoms. The summed E-state index contributed by atoms with van der Waals surface area (Å²) in [4.78, 5) is 4.83. The third kappa shape index (κ3) is 2.32. The van der Waals surface area contributed by atoms with E-state index in [1.54, 1.807) is 0 Å². The summed E-state index contributed by atoms with van der Waals surface area (Å²) in [5.41, 5.74) is 5.85. The van der Waals surface area contributed by atoms with Crippen LogP contribution >= 0.6 is 0 Å². The zero-order valence-electron chi connectivity index (χ0n) is 13.1. The molecule has 2 N–H and O–H groups in total. The van der Waals surface area contributed by atoms with Crippen LogP contribution in [0.5, 0.6) is 0 Å². The van der Waals surface area contributed by atoms with E-state index >= 15 is 0 Å². The van der Waals surface area contributed by atoms with Gasteiger partial charge in [0.2, 0.25) is 5.89 Å². The molecule has 116 valence electrons. The van der Waals surface area contributed by atoms with Gasteiger partial charge in [-0.2, -0.15) is 4.98 Å². The minimum absolute atomic E-state index is 0.254. The summed E-state index contributed by atoms with van der Waals surface area (Å²) in [6, 6.07) is 0. The minimum Gasteiger partial charge on any atom is -0.339 e. The van der Waals surface area contributed by atoms with Gasteiger partial charge in [0.25, 0.3) is 0 Å². The molecule has 4 fully saturated rings. The Hall–Kier alpha value is -0.900. The SMILES string of the molecule is CC(CCCN)c1nc(C23CC4CC(CC(C4)C2)C3)no1. The van der Waals surface area contributed by atoms with Gasteiger partial charge in [-0.05, 0) is 75.7 Å². The second kappa shape index (κ2) is 5.08. The fourth-order valence-corrected chi connectivity index (χ4v) is 5.58. The lowest BCUT2D eigenvalue weighted by molar-refractivity contribution is -0.0103. The highest BCUT2D eigenvalue weighted by atomic mass is 16.5. The molecule has 4 saturated carbocycles. The van der Waals surface area contributed by atoms with Gasteiger partial charge in [0.05, 0.1) is 0 Å². The van der Waals surface area contributed by atoms with Crippen LogP contribution in [-0.4, -0.2) is 16.7 Å². The molecular formula is C17H27N3O. The Morgan fingerprint density at radius 2 is 1.81 bits per heavy atom. The topological polar surface area (TPSA) is 64.9 Å². The first kappa shape index (κ1) is 13.7. The van der Waals surface area contributed by atoms with Crippen molar-refractivity contribution in [2.75, 3.05) is 6.54 Å². The van der Waals surface area contributed by atoms with Crippen molar-refractivity contribution in [3.05, 3.63) is 11.7 Å². The molecule has 4 aliphatic rings. The zero-order chi connectivity index (χ0) is 14.4. The summed E-state index contributed by atoms with van der Waals surface area (Å²) in [5.74, 6) is 4.96. The lowest BCUT2D eigenvalue weighted by Gasteiger charge is -2.55. The van der Waals surface area contributed by atoms with Gasteiger partial charge in [-0.3, -0.25) is 0 Å². The maximum absolute atomic E-state index is 5.61. The van der Waals surface area contributed by atoms with Gasteiger partial charge in [-0.25, -0.2) is 0 Å². The van der Waals surface area contributed by atoms with Gasteiger partial charge >= 0.3 is 0 Å². The molecule has 0 amide bonds. The highest BCUT2D eigenvalue weighted by molar-refractivity contribution is 5.16. The number of rotatable bonds is 5. The monoisotopic (exact) mass is 289 g/mol. The average molecular weight is 289 g/mol. The molecule has 1 unspecified atom stereocenters. The molecule has 21 heavy (non-hydrogen) atoms. The second-order valence-corrected chi connectivity index (χ2v) is 7.99. The summed E-state index contributed by atoms with van der Waals surface area (Å²) in [6.07, 6.45) is 10.3. The standard InChI is InChI=1S/C17H27N3O/c1-11(3-2-4-18)15-19-16(20-21-15)17-8-12-5-13(9-17)7-14(6-12)10-17/h11-14H,2-10,18H2,1H3. The molecule has 0 saturated heterocycles. The Labute approximate surface area is 126 Å². The van der Waals surface area contributed by atoms with Gasteiger partial charge in [0.15, 0.2) is 5.82 Å². The number of nitrogens with two attached hydrogens (primary N) is 1. The Morgan fingerprint density at radius 1 is 1.19 bits per heavy atom. The summed E-state index contributed by atoms with van der Waals surface area (Å²) < 4.78 is 5.61. The first-order valence-corrected chi connectivity index (χ1v) is 8.72. The van der Waals surface area contributed by atoms with Crippen LogP contribution in [0.3, 0.4) is 0 Å². The molecule has 1 aromatic heterocycles. The molecule has 5 rings (SSSR count). The second-order valence-electron chi connectivity index (χ2n) is 7.99. The smallest absolute Gasteiger partial charge is 0.229 e. The van der Waals surface area contributed by atoms with E-state index in [1.807, 2.05) is 0 Å². The fourth-order valence-electron chi connectivity index (χ4n) is 5.58. The van der Waals surface area contributed by atoms with Crippen LogP contribution < -0.4 is 5.73 Å². The van der Waals surface area contributed by atoms with Crippen molar-refractivity contribution in [3.63, 3.8) is 0 Å². The molecule has 4 bridgehead atoms. The molecule has 1 atom stereocenters. The molecule has 4 heteroatoms. The van der Waals surface area contributed by atoms with E-state index < -0.39 is 0 Å². The van der Waals surface area contributed by atoms with E-state index in [-0.39, 0.29) is 5.41 Å². The molecule has 0 aromatic carbocycles. The van der Waals surface area contributed by atoms with Crippen LogP contribution in [0.15, 0.2) is 4.52 Å². The highest BCUT2D eigenvalue weighted by Crippen LogP contribution is 2.60. The van der Waals surface area contributed by atoms with Crippen molar-refractivity contribution in [1.29, 1.82) is 0 Å². The summed E-state index contributed by atoms with van der Waals surface area (Å²) >= 11 is 0. The molecule has 1 heterocycles. The largest absolute Gasteiger partial charge is 0.339 e. The van der Waals surface area contributed by atoms with Crippen molar-refractivity contribution in [2.45, 2.75) is 69.6 Å². The predicted molar refractivity (Wildman–Crippen MR) is 80.9 cm³/mol. The van der Waals surface area contributed by atoms with Crippen LogP contribution in [0.25, 0.3) is 0 Å². The van der Waals surface area contributed by atoms with Gasteiger partial charge in [-0.1, -0.05) is 12.1 Å². The van der Waals surface area contributed by atoms with Gasteiger partial charge in [0.1, 0.15) is 0 Å². The van der Waals surface area contributed by atoms with Crippen molar-refractivity contribution >= 4 is 0 Å². The number of hydrogen-bond acceptors (Lipinski definition) is 4. The molecule has 0 radical (unpaired) electrons. The van der Waals surface area contributed by atoms with E-state index in [2.05, 4.69) is 12.1 Å². The van der Waals surface area contributed by atoms with Gasteiger partial charge in [0, 0.05) is 11.3 Å². The van der Waals surface area contributed by atoms with E-state index in [0.29, 0.717) is 5.92 Å². The van der Waals surface area contributed by atoms with E-state index in [4.69, 9.17) is 15.2 Å². The van der Waals surface area contributed by atoms with Gasteiger partial charge < -0.3 is 10.3 Å². The fraction of sp³-hybridized carbons (Fsp3) is 0.882. The molecule has 0 aliphatic heterocycles. The van der Waals surface area contributed by atoms with Crippen LogP contribution in [0.2, 0.25) is 0 Å². The minimum atomic E-state index is 0.254. The van der Waals surface area contributed by atoms with Crippen LogP contribution in [0.4, 0.5) is 0 Å². The van der Waals surface area contributed by atoms with Gasteiger partial charge in [-0.15, -0.1) is 0 Å². The van der Waals surface area contributed by atoms with Crippen LogP contribution in [-0.2, 0) is 5.41 Å². The van der Waals surface area contributed by atoms with Crippen LogP contribution in [0.1, 0.15) is 75.9 Å². The Kier molecular flexibility index (Phi) is 3.32. The lowest BCUT2D eigenvalue weighted by atomic mass is 9.49. The molecular weight excluding hydrogens is 262 g/mol. The quantitative estimate of drug-likeness (QED) is 0.902. The van der Waals surface area contributed by atoms with Crippen LogP contribution in [0, 0.1) is 17.8 Å². The summed E-state index contributed by atoms with van der Waals surface area (Å²) in [6.45, 7) is 2.91. The third-order valence-corrected chi connectivity index (χ3v) is 6.22. The highest BCUT2D eigenvalue weighted by Gasteiger charge is 2.53. The lowest BCUT2D eigenvalue weighted by Crippen LogP contribution is -2.49. The Morgan fingerprint density at radius 3 is 2.38 bits per heavy atom. The van der Waals surface area contributed by atoms with E-state index in [1.165, 1.54) is 38.5 Å². The van der Waals surface area contributed by atoms with Crippen molar-refractivity contribution in [1.82, 2.24) is 10.1 Å². The Balaban J connectivity index is 1.55. The Bertz CT molecular complexity index is 475.